The number of fused-ring (bicyclic) bond motifs is 4. The van der Waals surface area contributed by atoms with Crippen LogP contribution >= 0.6 is 11.3 Å². The quantitative estimate of drug-likeness (QED) is 0.0111. The number of amides is 3. The highest BCUT2D eigenvalue weighted by Gasteiger charge is 2.37. The third kappa shape index (κ3) is 13.8. The fourth-order valence-corrected chi connectivity index (χ4v) is 9.50. The second-order valence-corrected chi connectivity index (χ2v) is 24.3. The fraction of sp³-hybridized carbons (Fsp3) is 0.392. The van der Waals surface area contributed by atoms with Crippen LogP contribution in [0.25, 0.3) is 28.1 Å². The lowest BCUT2D eigenvalue weighted by molar-refractivity contribution is -0.150. The van der Waals surface area contributed by atoms with Crippen molar-refractivity contribution in [2.45, 2.75) is 82.5 Å². The maximum atomic E-state index is 14.5. The van der Waals surface area contributed by atoms with Crippen LogP contribution in [0, 0.1) is 5.92 Å². The first-order valence-corrected chi connectivity index (χ1v) is 27.3. The molecule has 6 rings (SSSR count). The van der Waals surface area contributed by atoms with Gasteiger partial charge in [0, 0.05) is 62.7 Å². The molecular weight excluding hydrogens is 887 g/mol. The molecule has 0 spiro atoms. The molecule has 0 aliphatic heterocycles. The number of ether oxygens (including phenoxy) is 5. The zero-order chi connectivity index (χ0) is 47.9. The number of aromatic nitrogens is 2. The Bertz CT molecular complexity index is 2450. The van der Waals surface area contributed by atoms with Crippen LogP contribution in [-0.2, 0) is 44.5 Å². The number of rotatable bonds is 25. The number of benzene rings is 3. The minimum Gasteiger partial charge on any atom is -0.460 e. The summed E-state index contributed by atoms with van der Waals surface area (Å²) in [6, 6.07) is 22.4. The molecule has 0 fully saturated rings. The molecule has 0 saturated carbocycles. The Morgan fingerprint density at radius 3 is 2.33 bits per heavy atom. The van der Waals surface area contributed by atoms with Crippen molar-refractivity contribution >= 4 is 60.3 Å². The Morgan fingerprint density at radius 2 is 1.64 bits per heavy atom. The minimum atomic E-state index is -1.41. The van der Waals surface area contributed by atoms with Gasteiger partial charge < -0.3 is 44.6 Å². The molecule has 4 N–H and O–H groups in total. The first-order valence-electron chi connectivity index (χ1n) is 22.7. The minimum absolute atomic E-state index is 0.00243. The Labute approximate surface area is 397 Å². The van der Waals surface area contributed by atoms with Crippen LogP contribution in [0.1, 0.15) is 59.6 Å². The molecule has 0 radical (unpaired) electrons. The van der Waals surface area contributed by atoms with Gasteiger partial charge in [-0.25, -0.2) is 14.6 Å². The number of esters is 1. The molecular formula is C51H63N5O9SSi. The molecule has 2 aromatic heterocycles. The van der Waals surface area contributed by atoms with E-state index in [9.17, 15) is 19.2 Å². The summed E-state index contributed by atoms with van der Waals surface area (Å²) in [5, 5.41) is 12.0. The normalized spacial score (nSPS) is 14.7. The van der Waals surface area contributed by atoms with Crippen molar-refractivity contribution in [3.05, 3.63) is 130 Å². The monoisotopic (exact) mass is 949 g/mol. The average Bonchev–Trinajstić information content (AvgIpc) is 4.05. The first kappa shape index (κ1) is 50.5. The third-order valence-electron chi connectivity index (χ3n) is 11.7. The second kappa shape index (κ2) is 24.2. The Kier molecular flexibility index (Phi) is 18.2. The van der Waals surface area contributed by atoms with E-state index in [1.807, 2.05) is 68.6 Å². The van der Waals surface area contributed by atoms with E-state index >= 15 is 0 Å². The van der Waals surface area contributed by atoms with Gasteiger partial charge in [0.15, 0.2) is 6.10 Å². The van der Waals surface area contributed by atoms with E-state index < -0.39 is 56.2 Å². The number of methoxy groups -OCH3 is 1. The van der Waals surface area contributed by atoms with Gasteiger partial charge in [-0.1, -0.05) is 119 Å². The highest BCUT2D eigenvalue weighted by Crippen LogP contribution is 2.44. The molecule has 16 heteroatoms. The molecule has 67 heavy (non-hydrogen) atoms. The van der Waals surface area contributed by atoms with E-state index in [1.54, 1.807) is 5.38 Å². The van der Waals surface area contributed by atoms with Crippen molar-refractivity contribution in [1.82, 2.24) is 25.9 Å². The summed E-state index contributed by atoms with van der Waals surface area (Å²) < 4.78 is 29.0. The molecule has 14 nitrogen and oxygen atoms in total. The number of hydrogen-bond acceptors (Lipinski definition) is 11. The van der Waals surface area contributed by atoms with Crippen LogP contribution in [-0.4, -0.2) is 100 Å². The number of para-hydroxylation sites is 1. The van der Waals surface area contributed by atoms with Crippen LogP contribution in [0.5, 0.6) is 0 Å². The van der Waals surface area contributed by atoms with E-state index in [2.05, 4.69) is 71.4 Å². The van der Waals surface area contributed by atoms with Gasteiger partial charge >= 0.3 is 12.1 Å². The Morgan fingerprint density at radius 1 is 0.940 bits per heavy atom. The van der Waals surface area contributed by atoms with Crippen molar-refractivity contribution in [3.63, 3.8) is 0 Å². The number of nitrogens with one attached hydrogen (secondary N) is 4. The fourth-order valence-electron chi connectivity index (χ4n) is 7.92. The average molecular weight is 950 g/mol. The van der Waals surface area contributed by atoms with E-state index in [1.165, 1.54) is 36.7 Å². The molecule has 5 aromatic rings. The zero-order valence-corrected chi connectivity index (χ0v) is 41.0. The molecule has 1 aliphatic rings. The maximum absolute atomic E-state index is 14.5. The molecule has 356 valence electrons. The molecule has 0 unspecified atom stereocenters. The maximum Gasteiger partial charge on any atom is 0.407 e. The SMILES string of the molecule is C=CCOC(=O)[C@H](Cc1c[nH]c2ccccc12)NC(=O)/C=C/c1csc([C@H](COC)NC(=O)[C@H](OCOCC[Si](C)(C)C)[C@@H](NC(=O)OCC2c3ccccc3-c3ccccc32)[C@@H](C)CC)n1. The van der Waals surface area contributed by atoms with Crippen LogP contribution in [0.15, 0.2) is 103 Å². The predicted molar refractivity (Wildman–Crippen MR) is 264 cm³/mol. The Hall–Kier alpha value is -5.91. The Balaban J connectivity index is 1.14. The van der Waals surface area contributed by atoms with Crippen LogP contribution < -0.4 is 16.0 Å². The summed E-state index contributed by atoms with van der Waals surface area (Å²) in [4.78, 5) is 62.4. The molecule has 5 atom stereocenters. The number of aromatic amines is 1. The summed E-state index contributed by atoms with van der Waals surface area (Å²) in [7, 11) is 0.112. The molecule has 2 heterocycles. The zero-order valence-electron chi connectivity index (χ0n) is 39.2. The standard InChI is InChI=1S/C51H63N5O9SSi/c1-8-24-63-50(59)43(27-34-28-52-42-21-15-14-16-36(34)42)54-45(57)23-22-35-31-66-49(53-35)44(30-61-4)55-48(58)47(65-32-62-25-26-67(5,6)7)46(33(3)9-2)56-51(60)64-29-41-39-19-12-10-17-37(39)38-18-11-13-20-40(38)41/h8,10-23,28,31,33,41,43-44,46-47,52H,1,9,24-27,29-30,32H2,2-7H3,(H,54,57)(H,55,58)(H,56,60)/b23-22+/t33-,43-,44-,46-,47+/m0/s1. The molecule has 3 amide bonds. The number of carbonyl (C=O) groups excluding carboxylic acids is 4. The van der Waals surface area contributed by atoms with Gasteiger partial charge in [0.1, 0.15) is 37.1 Å². The molecule has 0 bridgehead atoms. The summed E-state index contributed by atoms with van der Waals surface area (Å²) >= 11 is 1.27. The van der Waals surface area contributed by atoms with E-state index in [-0.39, 0.29) is 44.9 Å². The molecule has 1 aliphatic carbocycles. The lowest BCUT2D eigenvalue weighted by atomic mass is 9.93. The van der Waals surface area contributed by atoms with Gasteiger partial charge in [-0.15, -0.1) is 11.3 Å². The first-order chi connectivity index (χ1) is 32.3. The van der Waals surface area contributed by atoms with Gasteiger partial charge in [0.2, 0.25) is 5.91 Å². The smallest absolute Gasteiger partial charge is 0.407 e. The van der Waals surface area contributed by atoms with E-state index in [4.69, 9.17) is 28.7 Å². The third-order valence-corrected chi connectivity index (χ3v) is 14.4. The summed E-state index contributed by atoms with van der Waals surface area (Å²) in [5.41, 5.74) is 6.63. The van der Waals surface area contributed by atoms with Crippen molar-refractivity contribution < 1.29 is 42.9 Å². The van der Waals surface area contributed by atoms with Crippen molar-refractivity contribution in [3.8, 4) is 11.1 Å². The predicted octanol–water partition coefficient (Wildman–Crippen LogP) is 8.55. The van der Waals surface area contributed by atoms with Crippen LogP contribution in [0.3, 0.4) is 0 Å². The number of hydrogen-bond donors (Lipinski definition) is 4. The second-order valence-electron chi connectivity index (χ2n) is 17.8. The topological polar surface area (TPSA) is 179 Å². The van der Waals surface area contributed by atoms with Crippen molar-refractivity contribution in [2.75, 3.05) is 40.3 Å². The highest BCUT2D eigenvalue weighted by molar-refractivity contribution is 7.09. The number of thiazole rings is 1. The van der Waals surface area contributed by atoms with Gasteiger partial charge in [0.05, 0.1) is 18.3 Å². The van der Waals surface area contributed by atoms with Crippen LogP contribution in [0.2, 0.25) is 25.7 Å². The summed E-state index contributed by atoms with van der Waals surface area (Å²) in [5.74, 6) is -1.98. The van der Waals surface area contributed by atoms with Gasteiger partial charge in [-0.3, -0.25) is 9.59 Å². The van der Waals surface area contributed by atoms with E-state index in [0.29, 0.717) is 23.7 Å². The number of carbonyl (C=O) groups is 4. The van der Waals surface area contributed by atoms with Gasteiger partial charge in [-0.2, -0.15) is 0 Å². The summed E-state index contributed by atoms with van der Waals surface area (Å²) in [6.07, 6.45) is 5.08. The molecule has 0 saturated heterocycles. The number of H-pyrrole nitrogens is 1. The number of nitrogens with zero attached hydrogens (tertiary/aromatic N) is 1. The van der Waals surface area contributed by atoms with E-state index in [0.717, 1.165) is 44.8 Å². The summed E-state index contributed by atoms with van der Waals surface area (Å²) in [6.45, 7) is 14.8. The number of alkyl carbamates (subject to hydrolysis) is 1. The van der Waals surface area contributed by atoms with Crippen molar-refractivity contribution in [1.29, 1.82) is 0 Å². The largest absolute Gasteiger partial charge is 0.460 e. The van der Waals surface area contributed by atoms with Gasteiger partial charge in [0.25, 0.3) is 5.91 Å². The highest BCUT2D eigenvalue weighted by atomic mass is 32.1. The van der Waals surface area contributed by atoms with Crippen LogP contribution in [0.4, 0.5) is 4.79 Å². The lowest BCUT2D eigenvalue weighted by Gasteiger charge is -2.32. The van der Waals surface area contributed by atoms with Gasteiger partial charge in [-0.05, 0) is 51.9 Å². The van der Waals surface area contributed by atoms with Crippen molar-refractivity contribution in [2.24, 2.45) is 5.92 Å². The molecule has 3 aromatic carbocycles. The lowest BCUT2D eigenvalue weighted by Crippen LogP contribution is -2.55.